The van der Waals surface area contributed by atoms with Gasteiger partial charge in [-0.25, -0.2) is 0 Å². The van der Waals surface area contributed by atoms with Crippen molar-refractivity contribution < 1.29 is 4.74 Å². The lowest BCUT2D eigenvalue weighted by Crippen LogP contribution is -2.37. The van der Waals surface area contributed by atoms with E-state index in [0.29, 0.717) is 12.6 Å². The summed E-state index contributed by atoms with van der Waals surface area (Å²) in [6.45, 7) is 4.93. The van der Waals surface area contributed by atoms with Gasteiger partial charge in [-0.3, -0.25) is 16.0 Å². The zero-order chi connectivity index (χ0) is 12.0. The minimum absolute atomic E-state index is 0.218. The molecule has 92 valence electrons. The highest BCUT2D eigenvalue weighted by molar-refractivity contribution is 5.01. The van der Waals surface area contributed by atoms with Crippen LogP contribution >= 0.6 is 0 Å². The molecule has 0 amide bonds. The van der Waals surface area contributed by atoms with Gasteiger partial charge < -0.3 is 4.74 Å². The van der Waals surface area contributed by atoms with Crippen molar-refractivity contribution in [3.8, 4) is 0 Å². The van der Waals surface area contributed by atoms with Crippen molar-refractivity contribution in [3.05, 3.63) is 18.0 Å². The van der Waals surface area contributed by atoms with Crippen LogP contribution < -0.4 is 11.3 Å². The number of methoxy groups -OCH3 is 1. The van der Waals surface area contributed by atoms with Crippen LogP contribution in [-0.4, -0.2) is 29.5 Å². The zero-order valence-corrected chi connectivity index (χ0v) is 10.3. The predicted octanol–water partition coefficient (Wildman–Crippen LogP) is 0.875. The van der Waals surface area contributed by atoms with Gasteiger partial charge in [0, 0.05) is 38.4 Å². The van der Waals surface area contributed by atoms with Gasteiger partial charge in [-0.1, -0.05) is 0 Å². The first-order valence-corrected chi connectivity index (χ1v) is 5.66. The summed E-state index contributed by atoms with van der Waals surface area (Å²) in [4.78, 5) is 0. The molecule has 0 aliphatic rings. The second-order valence-electron chi connectivity index (χ2n) is 4.23. The summed E-state index contributed by atoms with van der Waals surface area (Å²) in [5.41, 5.74) is 3.86. The molecule has 0 radical (unpaired) electrons. The number of nitrogens with zero attached hydrogens (tertiary/aromatic N) is 2. The summed E-state index contributed by atoms with van der Waals surface area (Å²) in [7, 11) is 1.70. The second kappa shape index (κ2) is 6.62. The molecular weight excluding hydrogens is 204 g/mol. The molecule has 1 unspecified atom stereocenters. The van der Waals surface area contributed by atoms with E-state index in [-0.39, 0.29) is 6.04 Å². The number of nitrogens with two attached hydrogens (primary N) is 1. The van der Waals surface area contributed by atoms with Crippen molar-refractivity contribution in [1.29, 1.82) is 0 Å². The molecule has 0 saturated carbocycles. The van der Waals surface area contributed by atoms with E-state index in [1.165, 1.54) is 0 Å². The molecule has 1 aromatic heterocycles. The molecule has 1 rings (SSSR count). The largest absolute Gasteiger partial charge is 0.385 e. The molecule has 0 fully saturated rings. The van der Waals surface area contributed by atoms with E-state index in [1.807, 2.05) is 16.9 Å². The first-order chi connectivity index (χ1) is 7.67. The monoisotopic (exact) mass is 226 g/mol. The van der Waals surface area contributed by atoms with Gasteiger partial charge in [0.25, 0.3) is 0 Å². The van der Waals surface area contributed by atoms with Crippen LogP contribution in [0.2, 0.25) is 0 Å². The van der Waals surface area contributed by atoms with E-state index in [9.17, 15) is 0 Å². The fourth-order valence-corrected chi connectivity index (χ4v) is 1.53. The van der Waals surface area contributed by atoms with Crippen LogP contribution in [0.5, 0.6) is 0 Å². The number of hydrogen-bond acceptors (Lipinski definition) is 4. The first-order valence-electron chi connectivity index (χ1n) is 5.66. The van der Waals surface area contributed by atoms with Crippen LogP contribution in [0.15, 0.2) is 12.3 Å². The number of nitrogens with one attached hydrogen (secondary N) is 1. The van der Waals surface area contributed by atoms with Crippen LogP contribution in [0.4, 0.5) is 0 Å². The summed E-state index contributed by atoms with van der Waals surface area (Å²) >= 11 is 0. The van der Waals surface area contributed by atoms with E-state index in [0.717, 1.165) is 18.5 Å². The normalized spacial score (nSPS) is 13.3. The predicted molar refractivity (Wildman–Crippen MR) is 63.9 cm³/mol. The van der Waals surface area contributed by atoms with Crippen LogP contribution in [0.1, 0.15) is 32.0 Å². The lowest BCUT2D eigenvalue weighted by atomic mass is 10.1. The Bertz CT molecular complexity index is 298. The van der Waals surface area contributed by atoms with Gasteiger partial charge in [-0.2, -0.15) is 5.10 Å². The van der Waals surface area contributed by atoms with Crippen molar-refractivity contribution >= 4 is 0 Å². The fraction of sp³-hybridized carbons (Fsp3) is 0.727. The van der Waals surface area contributed by atoms with E-state index < -0.39 is 0 Å². The molecule has 0 aliphatic heterocycles. The molecule has 16 heavy (non-hydrogen) atoms. The molecule has 0 spiro atoms. The van der Waals surface area contributed by atoms with Crippen molar-refractivity contribution in [1.82, 2.24) is 15.2 Å². The standard InChI is InChI=1S/C11H22N4O/c1-9(2)15-6-4-11(14-15)8-10(13-12)5-7-16-3/h4,6,9-10,13H,5,7-8,12H2,1-3H3. The Hall–Kier alpha value is -0.910. The van der Waals surface area contributed by atoms with Crippen molar-refractivity contribution in [2.45, 2.75) is 38.8 Å². The summed E-state index contributed by atoms with van der Waals surface area (Å²) in [6.07, 6.45) is 3.73. The lowest BCUT2D eigenvalue weighted by molar-refractivity contribution is 0.182. The Morgan fingerprint density at radius 3 is 2.81 bits per heavy atom. The van der Waals surface area contributed by atoms with Crippen molar-refractivity contribution in [2.24, 2.45) is 5.84 Å². The van der Waals surface area contributed by atoms with Crippen molar-refractivity contribution in [3.63, 3.8) is 0 Å². The number of ether oxygens (including phenoxy) is 1. The number of hydrazine groups is 1. The Morgan fingerprint density at radius 2 is 2.31 bits per heavy atom. The molecule has 1 atom stereocenters. The first kappa shape index (κ1) is 13.2. The fourth-order valence-electron chi connectivity index (χ4n) is 1.53. The number of rotatable bonds is 7. The molecule has 5 heteroatoms. The number of aromatic nitrogens is 2. The van der Waals surface area contributed by atoms with E-state index in [4.69, 9.17) is 10.6 Å². The maximum atomic E-state index is 5.49. The third-order valence-corrected chi connectivity index (χ3v) is 2.55. The minimum atomic E-state index is 0.218. The van der Waals surface area contributed by atoms with Gasteiger partial charge in [0.1, 0.15) is 0 Å². The van der Waals surface area contributed by atoms with Gasteiger partial charge in [-0.05, 0) is 26.3 Å². The number of hydrogen-bond donors (Lipinski definition) is 2. The lowest BCUT2D eigenvalue weighted by Gasteiger charge is -2.13. The average Bonchev–Trinajstić information content (AvgIpc) is 2.72. The van der Waals surface area contributed by atoms with Crippen molar-refractivity contribution in [2.75, 3.05) is 13.7 Å². The molecule has 0 aliphatic carbocycles. The Balaban J connectivity index is 2.49. The van der Waals surface area contributed by atoms with Gasteiger partial charge in [0.15, 0.2) is 0 Å². The SMILES string of the molecule is COCCC(Cc1ccn(C(C)C)n1)NN. The third kappa shape index (κ3) is 3.92. The van der Waals surface area contributed by atoms with E-state index in [2.05, 4.69) is 24.4 Å². The Kier molecular flexibility index (Phi) is 5.45. The molecule has 3 N–H and O–H groups in total. The van der Waals surface area contributed by atoms with Crippen LogP contribution in [0.3, 0.4) is 0 Å². The molecule has 5 nitrogen and oxygen atoms in total. The highest BCUT2D eigenvalue weighted by atomic mass is 16.5. The molecule has 1 heterocycles. The van der Waals surface area contributed by atoms with E-state index >= 15 is 0 Å². The summed E-state index contributed by atoms with van der Waals surface area (Å²) < 4.78 is 6.99. The molecule has 1 aromatic rings. The summed E-state index contributed by atoms with van der Waals surface area (Å²) in [6, 6.07) is 2.66. The molecular formula is C11H22N4O. The quantitative estimate of drug-likeness (QED) is 0.535. The second-order valence-corrected chi connectivity index (χ2v) is 4.23. The van der Waals surface area contributed by atoms with Crippen LogP contribution in [0, 0.1) is 0 Å². The van der Waals surface area contributed by atoms with Gasteiger partial charge >= 0.3 is 0 Å². The van der Waals surface area contributed by atoms with Crippen LogP contribution in [0.25, 0.3) is 0 Å². The molecule has 0 bridgehead atoms. The highest BCUT2D eigenvalue weighted by Crippen LogP contribution is 2.07. The highest BCUT2D eigenvalue weighted by Gasteiger charge is 2.10. The summed E-state index contributed by atoms with van der Waals surface area (Å²) in [5, 5.41) is 4.49. The van der Waals surface area contributed by atoms with Gasteiger partial charge in [0.2, 0.25) is 0 Å². The van der Waals surface area contributed by atoms with Gasteiger partial charge in [0.05, 0.1) is 5.69 Å². The van der Waals surface area contributed by atoms with Crippen LogP contribution in [-0.2, 0) is 11.2 Å². The Labute approximate surface area is 96.9 Å². The van der Waals surface area contributed by atoms with Gasteiger partial charge in [-0.15, -0.1) is 0 Å². The zero-order valence-electron chi connectivity index (χ0n) is 10.3. The summed E-state index contributed by atoms with van der Waals surface area (Å²) in [5.74, 6) is 5.49. The smallest absolute Gasteiger partial charge is 0.0640 e. The molecule has 0 aromatic carbocycles. The topological polar surface area (TPSA) is 65.1 Å². The average molecular weight is 226 g/mol. The maximum Gasteiger partial charge on any atom is 0.0640 e. The maximum absolute atomic E-state index is 5.49. The molecule has 0 saturated heterocycles. The third-order valence-electron chi connectivity index (χ3n) is 2.55. The minimum Gasteiger partial charge on any atom is -0.385 e. The Morgan fingerprint density at radius 1 is 1.56 bits per heavy atom. The van der Waals surface area contributed by atoms with E-state index in [1.54, 1.807) is 7.11 Å².